The molecule has 1 N–H and O–H groups in total. The van der Waals surface area contributed by atoms with Gasteiger partial charge in [0.15, 0.2) is 5.13 Å². The van der Waals surface area contributed by atoms with Gasteiger partial charge in [-0.15, -0.1) is 11.3 Å². The molecule has 0 aliphatic carbocycles. The fourth-order valence-electron chi connectivity index (χ4n) is 1.99. The fourth-order valence-corrected chi connectivity index (χ4v) is 2.73. The maximum atomic E-state index is 5.96. The lowest BCUT2D eigenvalue weighted by Gasteiger charge is -2.08. The molecule has 3 nitrogen and oxygen atoms in total. The maximum Gasteiger partial charge on any atom is 0.182 e. The van der Waals surface area contributed by atoms with Crippen LogP contribution in [0, 0.1) is 0 Å². The van der Waals surface area contributed by atoms with Gasteiger partial charge in [-0.2, -0.15) is 0 Å². The average Bonchev–Trinajstić information content (AvgIpc) is 3.05. The quantitative estimate of drug-likeness (QED) is 0.691. The molecule has 1 aromatic heterocycles. The summed E-state index contributed by atoms with van der Waals surface area (Å²) >= 11 is 7.55. The average molecular weight is 331 g/mol. The van der Waals surface area contributed by atoms with E-state index in [1.54, 1.807) is 17.5 Å². The highest BCUT2D eigenvalue weighted by Gasteiger charge is 1.99. The lowest BCUT2D eigenvalue weighted by molar-refractivity contribution is 0.306. The number of thiazole rings is 1. The van der Waals surface area contributed by atoms with Gasteiger partial charge in [-0.3, -0.25) is 0 Å². The Morgan fingerprint density at radius 1 is 1.09 bits per heavy atom. The van der Waals surface area contributed by atoms with Crippen molar-refractivity contribution in [1.82, 2.24) is 4.98 Å². The van der Waals surface area contributed by atoms with Crippen molar-refractivity contribution in [1.29, 1.82) is 0 Å². The SMILES string of the molecule is Clc1cccc(COc2ccc(CNc3nccs3)cc2)c1. The second kappa shape index (κ2) is 7.29. The molecular weight excluding hydrogens is 316 g/mol. The summed E-state index contributed by atoms with van der Waals surface area (Å²) in [7, 11) is 0. The van der Waals surface area contributed by atoms with E-state index < -0.39 is 0 Å². The summed E-state index contributed by atoms with van der Waals surface area (Å²) < 4.78 is 5.76. The topological polar surface area (TPSA) is 34.1 Å². The molecule has 3 rings (SSSR count). The van der Waals surface area contributed by atoms with Crippen molar-refractivity contribution in [3.63, 3.8) is 0 Å². The van der Waals surface area contributed by atoms with Gasteiger partial charge in [0.1, 0.15) is 12.4 Å². The number of hydrogen-bond donors (Lipinski definition) is 1. The number of nitrogens with one attached hydrogen (secondary N) is 1. The van der Waals surface area contributed by atoms with Gasteiger partial charge in [0.25, 0.3) is 0 Å². The predicted octanol–water partition coefficient (Wildman–Crippen LogP) is 4.99. The Hall–Kier alpha value is -2.04. The van der Waals surface area contributed by atoms with E-state index in [1.807, 2.05) is 53.9 Å². The summed E-state index contributed by atoms with van der Waals surface area (Å²) in [5.74, 6) is 0.845. The number of hydrogen-bond acceptors (Lipinski definition) is 4. The molecule has 1 heterocycles. The Morgan fingerprint density at radius 3 is 2.68 bits per heavy atom. The molecule has 0 amide bonds. The Bertz CT molecular complexity index is 714. The molecular formula is C17H15ClN2OS. The van der Waals surface area contributed by atoms with E-state index in [9.17, 15) is 0 Å². The van der Waals surface area contributed by atoms with Crippen molar-refractivity contribution in [2.45, 2.75) is 13.2 Å². The predicted molar refractivity (Wildman–Crippen MR) is 91.7 cm³/mol. The first-order valence-electron chi connectivity index (χ1n) is 6.89. The van der Waals surface area contributed by atoms with Gasteiger partial charge >= 0.3 is 0 Å². The number of aromatic nitrogens is 1. The van der Waals surface area contributed by atoms with Crippen molar-refractivity contribution < 1.29 is 4.74 Å². The zero-order valence-electron chi connectivity index (χ0n) is 11.8. The minimum absolute atomic E-state index is 0.511. The minimum atomic E-state index is 0.511. The van der Waals surface area contributed by atoms with Gasteiger partial charge in [0, 0.05) is 23.1 Å². The molecule has 0 atom stereocenters. The van der Waals surface area contributed by atoms with Crippen LogP contribution < -0.4 is 10.1 Å². The smallest absolute Gasteiger partial charge is 0.182 e. The van der Waals surface area contributed by atoms with Gasteiger partial charge in [0.05, 0.1) is 0 Å². The third-order valence-electron chi connectivity index (χ3n) is 3.09. The normalized spacial score (nSPS) is 10.4. The molecule has 2 aromatic carbocycles. The van der Waals surface area contributed by atoms with E-state index in [2.05, 4.69) is 10.3 Å². The largest absolute Gasteiger partial charge is 0.489 e. The summed E-state index contributed by atoms with van der Waals surface area (Å²) in [6.07, 6.45) is 1.79. The molecule has 0 saturated carbocycles. The third-order valence-corrected chi connectivity index (χ3v) is 4.06. The van der Waals surface area contributed by atoms with E-state index in [0.717, 1.165) is 28.0 Å². The van der Waals surface area contributed by atoms with Crippen LogP contribution in [0.5, 0.6) is 5.75 Å². The van der Waals surface area contributed by atoms with Crippen molar-refractivity contribution >= 4 is 28.1 Å². The molecule has 0 spiro atoms. The Labute approximate surface area is 138 Å². The molecule has 0 unspecified atom stereocenters. The van der Waals surface area contributed by atoms with Crippen LogP contribution in [0.25, 0.3) is 0 Å². The van der Waals surface area contributed by atoms with E-state index in [4.69, 9.17) is 16.3 Å². The second-order valence-corrected chi connectivity index (χ2v) is 6.08. The molecule has 0 saturated heterocycles. The van der Waals surface area contributed by atoms with Crippen molar-refractivity contribution in [2.75, 3.05) is 5.32 Å². The number of anilines is 1. The molecule has 22 heavy (non-hydrogen) atoms. The van der Waals surface area contributed by atoms with Gasteiger partial charge in [-0.05, 0) is 35.4 Å². The van der Waals surface area contributed by atoms with Crippen LogP contribution in [0.3, 0.4) is 0 Å². The van der Waals surface area contributed by atoms with Crippen LogP contribution in [0.1, 0.15) is 11.1 Å². The highest BCUT2D eigenvalue weighted by molar-refractivity contribution is 7.13. The highest BCUT2D eigenvalue weighted by atomic mass is 35.5. The lowest BCUT2D eigenvalue weighted by Crippen LogP contribution is -1.99. The zero-order valence-corrected chi connectivity index (χ0v) is 13.4. The fraction of sp³-hybridized carbons (Fsp3) is 0.118. The van der Waals surface area contributed by atoms with Crippen LogP contribution in [-0.2, 0) is 13.2 Å². The monoisotopic (exact) mass is 330 g/mol. The molecule has 0 bridgehead atoms. The molecule has 3 aromatic rings. The maximum absolute atomic E-state index is 5.96. The Kier molecular flexibility index (Phi) is 4.93. The summed E-state index contributed by atoms with van der Waals surface area (Å²) in [5, 5.41) is 6.89. The molecule has 5 heteroatoms. The summed E-state index contributed by atoms with van der Waals surface area (Å²) in [6.45, 7) is 1.26. The van der Waals surface area contributed by atoms with Crippen molar-refractivity contribution in [3.8, 4) is 5.75 Å². The van der Waals surface area contributed by atoms with E-state index in [1.165, 1.54) is 5.56 Å². The van der Waals surface area contributed by atoms with Crippen LogP contribution >= 0.6 is 22.9 Å². The first kappa shape index (κ1) is 14.9. The standard InChI is InChI=1S/C17H15ClN2OS/c18-15-3-1-2-14(10-15)12-21-16-6-4-13(5-7-16)11-20-17-19-8-9-22-17/h1-10H,11-12H2,(H,19,20). The minimum Gasteiger partial charge on any atom is -0.489 e. The first-order chi connectivity index (χ1) is 10.8. The number of rotatable bonds is 6. The van der Waals surface area contributed by atoms with Crippen molar-refractivity contribution in [2.24, 2.45) is 0 Å². The summed E-state index contributed by atoms with van der Waals surface area (Å²) in [6, 6.07) is 15.7. The van der Waals surface area contributed by atoms with Gasteiger partial charge < -0.3 is 10.1 Å². The van der Waals surface area contributed by atoms with E-state index in [-0.39, 0.29) is 0 Å². The number of ether oxygens (including phenoxy) is 1. The first-order valence-corrected chi connectivity index (χ1v) is 8.15. The zero-order chi connectivity index (χ0) is 15.2. The lowest BCUT2D eigenvalue weighted by atomic mass is 10.2. The van der Waals surface area contributed by atoms with Gasteiger partial charge in [-0.1, -0.05) is 35.9 Å². The van der Waals surface area contributed by atoms with Gasteiger partial charge in [-0.25, -0.2) is 4.98 Å². The third kappa shape index (κ3) is 4.23. The second-order valence-electron chi connectivity index (χ2n) is 4.75. The molecule has 0 aliphatic rings. The van der Waals surface area contributed by atoms with Crippen molar-refractivity contribution in [3.05, 3.63) is 76.3 Å². The van der Waals surface area contributed by atoms with E-state index in [0.29, 0.717) is 6.61 Å². The molecule has 0 aliphatic heterocycles. The van der Waals surface area contributed by atoms with Crippen LogP contribution in [0.2, 0.25) is 5.02 Å². The van der Waals surface area contributed by atoms with Crippen LogP contribution in [-0.4, -0.2) is 4.98 Å². The summed E-state index contributed by atoms with van der Waals surface area (Å²) in [5.41, 5.74) is 2.24. The Balaban J connectivity index is 1.53. The Morgan fingerprint density at radius 2 is 1.95 bits per heavy atom. The van der Waals surface area contributed by atoms with E-state index >= 15 is 0 Å². The number of benzene rings is 2. The molecule has 0 radical (unpaired) electrons. The van der Waals surface area contributed by atoms with Gasteiger partial charge in [0.2, 0.25) is 0 Å². The molecule has 0 fully saturated rings. The van der Waals surface area contributed by atoms with Crippen LogP contribution in [0.15, 0.2) is 60.1 Å². The molecule has 112 valence electrons. The summed E-state index contributed by atoms with van der Waals surface area (Å²) in [4.78, 5) is 4.19. The highest BCUT2D eigenvalue weighted by Crippen LogP contribution is 2.17. The van der Waals surface area contributed by atoms with Crippen LogP contribution in [0.4, 0.5) is 5.13 Å². The number of nitrogens with zero attached hydrogens (tertiary/aromatic N) is 1. The number of halogens is 1.